The van der Waals surface area contributed by atoms with Gasteiger partial charge in [-0.2, -0.15) is 0 Å². The highest BCUT2D eigenvalue weighted by molar-refractivity contribution is 5.83. The maximum atomic E-state index is 4.81. The molecule has 0 spiro atoms. The van der Waals surface area contributed by atoms with Gasteiger partial charge in [0.2, 0.25) is 0 Å². The van der Waals surface area contributed by atoms with Crippen molar-refractivity contribution in [2.45, 2.75) is 20.0 Å². The summed E-state index contributed by atoms with van der Waals surface area (Å²) in [5.74, 6) is 1.05. The molecule has 1 N–H and O–H groups in total. The molecule has 100 valence electrons. The van der Waals surface area contributed by atoms with E-state index in [1.165, 1.54) is 27.8 Å². The third-order valence-corrected chi connectivity index (χ3v) is 4.19. The Morgan fingerprint density at radius 2 is 1.95 bits per heavy atom. The van der Waals surface area contributed by atoms with Gasteiger partial charge in [0.25, 0.3) is 0 Å². The van der Waals surface area contributed by atoms with Crippen molar-refractivity contribution in [1.82, 2.24) is 14.9 Å². The van der Waals surface area contributed by atoms with Crippen LogP contribution in [-0.4, -0.2) is 9.55 Å². The summed E-state index contributed by atoms with van der Waals surface area (Å²) in [6.07, 6.45) is 0. The summed E-state index contributed by atoms with van der Waals surface area (Å²) in [7, 11) is 2.10. The van der Waals surface area contributed by atoms with E-state index in [1.54, 1.807) is 0 Å². The van der Waals surface area contributed by atoms with Crippen LogP contribution in [0.5, 0.6) is 0 Å². The molecule has 0 atom stereocenters. The van der Waals surface area contributed by atoms with Crippen LogP contribution in [0.1, 0.15) is 16.7 Å². The molecule has 3 heteroatoms. The van der Waals surface area contributed by atoms with Crippen LogP contribution in [0.15, 0.2) is 36.4 Å². The van der Waals surface area contributed by atoms with E-state index >= 15 is 0 Å². The lowest BCUT2D eigenvalue weighted by Gasteiger charge is -2.06. The number of hydrogen-bond donors (Lipinski definition) is 1. The average molecular weight is 263 g/mol. The van der Waals surface area contributed by atoms with Crippen molar-refractivity contribution in [3.8, 4) is 11.4 Å². The predicted molar refractivity (Wildman–Crippen MR) is 81.4 cm³/mol. The Morgan fingerprint density at radius 1 is 1.10 bits per heavy atom. The van der Waals surface area contributed by atoms with Crippen molar-refractivity contribution in [1.29, 1.82) is 0 Å². The third-order valence-electron chi connectivity index (χ3n) is 4.19. The van der Waals surface area contributed by atoms with Crippen molar-refractivity contribution < 1.29 is 0 Å². The first-order valence-corrected chi connectivity index (χ1v) is 6.99. The van der Waals surface area contributed by atoms with E-state index in [0.29, 0.717) is 0 Å². The highest BCUT2D eigenvalue weighted by Crippen LogP contribution is 2.28. The molecule has 0 saturated heterocycles. The van der Waals surface area contributed by atoms with E-state index in [9.17, 15) is 0 Å². The Labute approximate surface area is 118 Å². The normalized spacial score (nSPS) is 13.9. The Kier molecular flexibility index (Phi) is 2.44. The number of imidazole rings is 1. The molecule has 3 aromatic rings. The minimum absolute atomic E-state index is 0.964. The standard InChI is InChI=1S/C17H17N3/c1-11-4-3-5-15-16(11)20(2)17(19-15)12-6-7-13-9-18-10-14(13)8-12/h3-8,18H,9-10H2,1-2H3. The molecule has 0 radical (unpaired) electrons. The second kappa shape index (κ2) is 4.18. The molecule has 1 aliphatic rings. The van der Waals surface area contributed by atoms with E-state index in [0.717, 1.165) is 24.4 Å². The van der Waals surface area contributed by atoms with Gasteiger partial charge < -0.3 is 9.88 Å². The minimum Gasteiger partial charge on any atom is -0.327 e. The summed E-state index contributed by atoms with van der Waals surface area (Å²) in [5, 5.41) is 3.39. The molecular formula is C17H17N3. The van der Waals surface area contributed by atoms with Crippen molar-refractivity contribution >= 4 is 11.0 Å². The molecule has 3 nitrogen and oxygen atoms in total. The Balaban J connectivity index is 1.94. The van der Waals surface area contributed by atoms with Gasteiger partial charge in [-0.1, -0.05) is 24.3 Å². The number of aromatic nitrogens is 2. The maximum Gasteiger partial charge on any atom is 0.140 e. The Bertz CT molecular complexity index is 814. The quantitative estimate of drug-likeness (QED) is 0.731. The zero-order valence-electron chi connectivity index (χ0n) is 11.8. The number of hydrogen-bond acceptors (Lipinski definition) is 2. The summed E-state index contributed by atoms with van der Waals surface area (Å²) < 4.78 is 2.20. The second-order valence-corrected chi connectivity index (χ2v) is 5.52. The lowest BCUT2D eigenvalue weighted by atomic mass is 10.1. The predicted octanol–water partition coefficient (Wildman–Crippen LogP) is 3.15. The number of fused-ring (bicyclic) bond motifs is 2. The summed E-state index contributed by atoms with van der Waals surface area (Å²) in [5.41, 5.74) is 7.56. The smallest absolute Gasteiger partial charge is 0.140 e. The highest BCUT2D eigenvalue weighted by Gasteiger charge is 2.15. The van der Waals surface area contributed by atoms with Gasteiger partial charge in [-0.05, 0) is 35.7 Å². The average Bonchev–Trinajstić information content (AvgIpc) is 3.03. The summed E-state index contributed by atoms with van der Waals surface area (Å²) in [6.45, 7) is 4.09. The highest BCUT2D eigenvalue weighted by atomic mass is 15.1. The molecule has 0 amide bonds. The van der Waals surface area contributed by atoms with Gasteiger partial charge in [0, 0.05) is 25.7 Å². The second-order valence-electron chi connectivity index (χ2n) is 5.52. The number of nitrogens with zero attached hydrogens (tertiary/aromatic N) is 2. The van der Waals surface area contributed by atoms with Crippen LogP contribution in [0.4, 0.5) is 0 Å². The first-order chi connectivity index (χ1) is 9.74. The van der Waals surface area contributed by atoms with Gasteiger partial charge >= 0.3 is 0 Å². The van der Waals surface area contributed by atoms with Crippen molar-refractivity contribution in [2.24, 2.45) is 7.05 Å². The van der Waals surface area contributed by atoms with E-state index < -0.39 is 0 Å². The Hall–Kier alpha value is -2.13. The molecule has 2 aromatic carbocycles. The first-order valence-electron chi connectivity index (χ1n) is 6.99. The number of para-hydroxylation sites is 1. The van der Waals surface area contributed by atoms with Crippen LogP contribution >= 0.6 is 0 Å². The van der Waals surface area contributed by atoms with Crippen LogP contribution < -0.4 is 5.32 Å². The van der Waals surface area contributed by atoms with Crippen LogP contribution in [-0.2, 0) is 20.1 Å². The fourth-order valence-electron chi connectivity index (χ4n) is 3.16. The monoisotopic (exact) mass is 263 g/mol. The fourth-order valence-corrected chi connectivity index (χ4v) is 3.16. The molecule has 0 unspecified atom stereocenters. The zero-order chi connectivity index (χ0) is 13.7. The lowest BCUT2D eigenvalue weighted by molar-refractivity contribution is 0.765. The first kappa shape index (κ1) is 11.7. The third kappa shape index (κ3) is 1.60. The number of rotatable bonds is 1. The van der Waals surface area contributed by atoms with E-state index in [2.05, 4.69) is 60.3 Å². The van der Waals surface area contributed by atoms with Crippen LogP contribution in [0.25, 0.3) is 22.4 Å². The molecule has 4 rings (SSSR count). The molecule has 2 heterocycles. The van der Waals surface area contributed by atoms with Gasteiger partial charge in [0.1, 0.15) is 5.82 Å². The maximum absolute atomic E-state index is 4.81. The van der Waals surface area contributed by atoms with E-state index in [-0.39, 0.29) is 0 Å². The van der Waals surface area contributed by atoms with E-state index in [1.807, 2.05) is 0 Å². The molecule has 0 fully saturated rings. The molecule has 1 aromatic heterocycles. The van der Waals surface area contributed by atoms with Crippen molar-refractivity contribution in [2.75, 3.05) is 0 Å². The largest absolute Gasteiger partial charge is 0.327 e. The van der Waals surface area contributed by atoms with Gasteiger partial charge in [0.15, 0.2) is 0 Å². The van der Waals surface area contributed by atoms with Crippen molar-refractivity contribution in [3.63, 3.8) is 0 Å². The number of nitrogens with one attached hydrogen (secondary N) is 1. The van der Waals surface area contributed by atoms with Gasteiger partial charge in [-0.3, -0.25) is 0 Å². The molecular weight excluding hydrogens is 246 g/mol. The SMILES string of the molecule is Cc1cccc2nc(-c3ccc4c(c3)CNC4)n(C)c12. The fraction of sp³-hybridized carbons (Fsp3) is 0.235. The zero-order valence-corrected chi connectivity index (χ0v) is 11.8. The van der Waals surface area contributed by atoms with Gasteiger partial charge in [-0.25, -0.2) is 4.98 Å². The molecule has 0 aliphatic carbocycles. The molecule has 0 saturated carbocycles. The van der Waals surface area contributed by atoms with Gasteiger partial charge in [-0.15, -0.1) is 0 Å². The molecule has 0 bridgehead atoms. The number of benzene rings is 2. The molecule has 20 heavy (non-hydrogen) atoms. The summed E-state index contributed by atoms with van der Waals surface area (Å²) in [4.78, 5) is 4.81. The number of aryl methyl sites for hydroxylation is 2. The van der Waals surface area contributed by atoms with Crippen LogP contribution in [0, 0.1) is 6.92 Å². The van der Waals surface area contributed by atoms with Crippen LogP contribution in [0.2, 0.25) is 0 Å². The van der Waals surface area contributed by atoms with Crippen molar-refractivity contribution in [3.05, 3.63) is 53.1 Å². The lowest BCUT2D eigenvalue weighted by Crippen LogP contribution is -1.99. The van der Waals surface area contributed by atoms with Crippen LogP contribution in [0.3, 0.4) is 0 Å². The molecule has 1 aliphatic heterocycles. The topological polar surface area (TPSA) is 29.9 Å². The summed E-state index contributed by atoms with van der Waals surface area (Å²) in [6, 6.07) is 13.0. The summed E-state index contributed by atoms with van der Waals surface area (Å²) >= 11 is 0. The minimum atomic E-state index is 0.964. The van der Waals surface area contributed by atoms with E-state index in [4.69, 9.17) is 4.98 Å². The van der Waals surface area contributed by atoms with Gasteiger partial charge in [0.05, 0.1) is 11.0 Å². The Morgan fingerprint density at radius 3 is 2.80 bits per heavy atom.